The van der Waals surface area contributed by atoms with E-state index in [1.807, 2.05) is 0 Å². The minimum atomic E-state index is -0.559. The monoisotopic (exact) mass is 465 g/mol. The SMILES string of the molecule is COCCOC(=O)C1=C(C)N=C2CCCC(=O)C2C1c1cc(Br)c(O)c(OC)c1. The molecule has 1 heterocycles. The number of nitrogens with zero attached hydrogens (tertiary/aromatic N) is 1. The summed E-state index contributed by atoms with van der Waals surface area (Å²) < 4.78 is 16.0. The summed E-state index contributed by atoms with van der Waals surface area (Å²) in [5.41, 5.74) is 2.36. The Bertz CT molecular complexity index is 891. The standard InChI is InChI=1S/C21H24BrNO6/c1-11-17(21(26)29-8-7-27-2)18(19-14(23-11)5-4-6-15(19)24)12-9-13(22)20(25)16(10-12)28-3/h9-10,18-19,25H,4-8H2,1-3H3. The van der Waals surface area contributed by atoms with Gasteiger partial charge in [0.15, 0.2) is 11.5 Å². The van der Waals surface area contributed by atoms with Crippen LogP contribution in [0.1, 0.15) is 37.7 Å². The van der Waals surface area contributed by atoms with Crippen molar-refractivity contribution in [2.45, 2.75) is 32.1 Å². The molecule has 29 heavy (non-hydrogen) atoms. The predicted molar refractivity (Wildman–Crippen MR) is 110 cm³/mol. The molecular formula is C21H24BrNO6. The fourth-order valence-corrected chi connectivity index (χ4v) is 4.43. The van der Waals surface area contributed by atoms with Gasteiger partial charge in [0.1, 0.15) is 12.4 Å². The minimum Gasteiger partial charge on any atom is -0.503 e. The number of ketones is 1. The van der Waals surface area contributed by atoms with Gasteiger partial charge in [-0.25, -0.2) is 4.79 Å². The van der Waals surface area contributed by atoms with Crippen molar-refractivity contribution in [3.05, 3.63) is 33.4 Å². The molecule has 0 bridgehead atoms. The van der Waals surface area contributed by atoms with Crippen LogP contribution in [-0.4, -0.2) is 50.0 Å². The summed E-state index contributed by atoms with van der Waals surface area (Å²) in [4.78, 5) is 30.4. The minimum absolute atomic E-state index is 0.0409. The van der Waals surface area contributed by atoms with E-state index < -0.39 is 17.8 Å². The van der Waals surface area contributed by atoms with Crippen LogP contribution in [0.15, 0.2) is 32.9 Å². The number of halogens is 1. The van der Waals surface area contributed by atoms with Crippen molar-refractivity contribution in [1.82, 2.24) is 0 Å². The lowest BCUT2D eigenvalue weighted by atomic mass is 9.69. The molecule has 1 aliphatic heterocycles. The highest BCUT2D eigenvalue weighted by Crippen LogP contribution is 2.46. The summed E-state index contributed by atoms with van der Waals surface area (Å²) >= 11 is 3.34. The third-order valence-corrected chi connectivity index (χ3v) is 5.88. The Balaban J connectivity index is 2.13. The van der Waals surface area contributed by atoms with E-state index in [2.05, 4.69) is 20.9 Å². The number of rotatable bonds is 6. The van der Waals surface area contributed by atoms with Gasteiger partial charge in [0.2, 0.25) is 0 Å². The lowest BCUT2D eigenvalue weighted by molar-refractivity contribution is -0.140. The summed E-state index contributed by atoms with van der Waals surface area (Å²) in [6, 6.07) is 3.37. The number of hydrogen-bond donors (Lipinski definition) is 1. The van der Waals surface area contributed by atoms with Crippen LogP contribution in [0.4, 0.5) is 0 Å². The van der Waals surface area contributed by atoms with Crippen LogP contribution < -0.4 is 4.74 Å². The number of allylic oxidation sites excluding steroid dienone is 1. The molecule has 1 aromatic carbocycles. The third-order valence-electron chi connectivity index (χ3n) is 5.28. The molecule has 1 N–H and O–H groups in total. The molecule has 0 radical (unpaired) electrons. The molecule has 1 fully saturated rings. The van der Waals surface area contributed by atoms with Crippen molar-refractivity contribution < 1.29 is 28.9 Å². The number of carbonyl (C=O) groups is 2. The highest BCUT2D eigenvalue weighted by atomic mass is 79.9. The first-order valence-corrected chi connectivity index (χ1v) is 10.2. The number of benzene rings is 1. The zero-order chi connectivity index (χ0) is 21.1. The lowest BCUT2D eigenvalue weighted by Crippen LogP contribution is -2.39. The molecular weight excluding hydrogens is 442 g/mol. The Kier molecular flexibility index (Phi) is 6.74. The highest BCUT2D eigenvalue weighted by molar-refractivity contribution is 9.10. The average molecular weight is 466 g/mol. The van der Waals surface area contributed by atoms with Crippen LogP contribution in [-0.2, 0) is 19.1 Å². The molecule has 1 saturated carbocycles. The lowest BCUT2D eigenvalue weighted by Gasteiger charge is -2.35. The summed E-state index contributed by atoms with van der Waals surface area (Å²) in [5, 5.41) is 10.2. The van der Waals surface area contributed by atoms with Crippen LogP contribution in [0.3, 0.4) is 0 Å². The number of aliphatic imine (C=N–C) groups is 1. The van der Waals surface area contributed by atoms with Crippen LogP contribution in [0.2, 0.25) is 0 Å². The zero-order valence-corrected chi connectivity index (χ0v) is 18.2. The van der Waals surface area contributed by atoms with Gasteiger partial charge in [-0.05, 0) is 53.4 Å². The number of Topliss-reactive ketones (excluding diaryl/α,β-unsaturated/α-hetero) is 1. The van der Waals surface area contributed by atoms with Crippen LogP contribution in [0, 0.1) is 5.92 Å². The van der Waals surface area contributed by atoms with Crippen LogP contribution in [0.5, 0.6) is 11.5 Å². The van der Waals surface area contributed by atoms with Gasteiger partial charge in [-0.1, -0.05) is 0 Å². The molecule has 7 nitrogen and oxygen atoms in total. The van der Waals surface area contributed by atoms with E-state index in [0.717, 1.165) is 12.1 Å². The second-order valence-electron chi connectivity index (χ2n) is 7.06. The number of esters is 1. The topological polar surface area (TPSA) is 94.4 Å². The predicted octanol–water partition coefficient (Wildman–Crippen LogP) is 3.53. The number of aromatic hydroxyl groups is 1. The van der Waals surface area contributed by atoms with Gasteiger partial charge in [-0.15, -0.1) is 0 Å². The second kappa shape index (κ2) is 9.09. The Labute approximate surface area is 177 Å². The highest BCUT2D eigenvalue weighted by Gasteiger charge is 2.44. The van der Waals surface area contributed by atoms with Crippen molar-refractivity contribution in [3.8, 4) is 11.5 Å². The second-order valence-corrected chi connectivity index (χ2v) is 7.91. The summed E-state index contributed by atoms with van der Waals surface area (Å²) in [6.07, 6.45) is 1.92. The smallest absolute Gasteiger partial charge is 0.336 e. The van der Waals surface area contributed by atoms with Crippen molar-refractivity contribution in [1.29, 1.82) is 0 Å². The fraction of sp³-hybridized carbons (Fsp3) is 0.476. The molecule has 8 heteroatoms. The number of ether oxygens (including phenoxy) is 3. The molecule has 0 amide bonds. The molecule has 2 atom stereocenters. The van der Waals surface area contributed by atoms with Gasteiger partial charge in [0.05, 0.1) is 29.7 Å². The summed E-state index contributed by atoms with van der Waals surface area (Å²) in [7, 11) is 2.98. The molecule has 0 spiro atoms. The normalized spacial score (nSPS) is 21.5. The van der Waals surface area contributed by atoms with E-state index in [1.165, 1.54) is 14.2 Å². The largest absolute Gasteiger partial charge is 0.503 e. The number of phenolic OH excluding ortho intramolecular Hbond substituents is 1. The van der Waals surface area contributed by atoms with E-state index in [4.69, 9.17) is 14.2 Å². The number of hydrogen-bond acceptors (Lipinski definition) is 7. The van der Waals surface area contributed by atoms with E-state index in [9.17, 15) is 14.7 Å². The first-order chi connectivity index (χ1) is 13.9. The Morgan fingerprint density at radius 2 is 2.00 bits per heavy atom. The van der Waals surface area contributed by atoms with E-state index in [0.29, 0.717) is 34.1 Å². The molecule has 1 aromatic rings. The van der Waals surface area contributed by atoms with Crippen molar-refractivity contribution in [3.63, 3.8) is 0 Å². The van der Waals surface area contributed by atoms with Crippen LogP contribution in [0.25, 0.3) is 0 Å². The fourth-order valence-electron chi connectivity index (χ4n) is 3.97. The Morgan fingerprint density at radius 1 is 1.24 bits per heavy atom. The average Bonchev–Trinajstić information content (AvgIpc) is 2.69. The number of methoxy groups -OCH3 is 2. The number of carbonyl (C=O) groups excluding carboxylic acids is 2. The molecule has 0 aromatic heterocycles. The van der Waals surface area contributed by atoms with Gasteiger partial charge in [0, 0.05) is 30.9 Å². The Hall–Kier alpha value is -2.19. The molecule has 156 valence electrons. The molecule has 3 rings (SSSR count). The van der Waals surface area contributed by atoms with Crippen molar-refractivity contribution in [2.24, 2.45) is 10.9 Å². The molecule has 2 unspecified atom stereocenters. The zero-order valence-electron chi connectivity index (χ0n) is 16.7. The summed E-state index contributed by atoms with van der Waals surface area (Å²) in [6.45, 7) is 2.14. The van der Waals surface area contributed by atoms with Gasteiger partial charge in [-0.2, -0.15) is 0 Å². The molecule has 0 saturated heterocycles. The van der Waals surface area contributed by atoms with E-state index in [-0.39, 0.29) is 30.5 Å². The number of phenols is 1. The van der Waals surface area contributed by atoms with Gasteiger partial charge >= 0.3 is 5.97 Å². The Morgan fingerprint density at radius 3 is 2.69 bits per heavy atom. The van der Waals surface area contributed by atoms with Gasteiger partial charge < -0.3 is 19.3 Å². The summed E-state index contributed by atoms with van der Waals surface area (Å²) in [5.74, 6) is -1.34. The van der Waals surface area contributed by atoms with E-state index >= 15 is 0 Å². The van der Waals surface area contributed by atoms with E-state index in [1.54, 1.807) is 19.1 Å². The molecule has 1 aliphatic carbocycles. The maximum Gasteiger partial charge on any atom is 0.336 e. The maximum atomic E-state index is 12.9. The van der Waals surface area contributed by atoms with Gasteiger partial charge in [0.25, 0.3) is 0 Å². The van der Waals surface area contributed by atoms with Gasteiger partial charge in [-0.3, -0.25) is 9.79 Å². The van der Waals surface area contributed by atoms with Crippen molar-refractivity contribution in [2.75, 3.05) is 27.4 Å². The number of fused-ring (bicyclic) bond motifs is 1. The molecule has 2 aliphatic rings. The van der Waals surface area contributed by atoms with Crippen molar-refractivity contribution >= 4 is 33.4 Å². The first-order valence-electron chi connectivity index (χ1n) is 9.42. The maximum absolute atomic E-state index is 12.9. The quantitative estimate of drug-likeness (QED) is 0.509. The first kappa shape index (κ1) is 21.5. The van der Waals surface area contributed by atoms with Crippen LogP contribution >= 0.6 is 15.9 Å². The third kappa shape index (κ3) is 4.23.